The number of hydrogen-bond donors (Lipinski definition) is 1. The average molecular weight is 375 g/mol. The molecule has 2 bridgehead atoms. The van der Waals surface area contributed by atoms with Crippen LogP contribution in [0.2, 0.25) is 0 Å². The van der Waals surface area contributed by atoms with Crippen LogP contribution in [-0.2, 0) is 4.74 Å². The number of fused-ring (bicyclic) bond motifs is 2. The van der Waals surface area contributed by atoms with E-state index in [0.29, 0.717) is 37.1 Å². The molecule has 1 N–H and O–H groups in total. The number of ether oxygens (including phenoxy) is 1. The van der Waals surface area contributed by atoms with Crippen LogP contribution < -0.4 is 10.2 Å². The molecule has 2 saturated heterocycles. The van der Waals surface area contributed by atoms with Crippen LogP contribution in [0.25, 0.3) is 0 Å². The number of rotatable bonds is 3. The van der Waals surface area contributed by atoms with E-state index in [4.69, 9.17) is 14.2 Å². The van der Waals surface area contributed by atoms with Crippen molar-refractivity contribution in [3.05, 3.63) is 5.82 Å². The molecule has 8 heteroatoms. The van der Waals surface area contributed by atoms with E-state index in [9.17, 15) is 4.79 Å². The minimum atomic E-state index is -0.286. The Hall–Kier alpha value is -1.83. The van der Waals surface area contributed by atoms with Gasteiger partial charge < -0.3 is 19.5 Å². The van der Waals surface area contributed by atoms with Gasteiger partial charge in [-0.05, 0) is 50.9 Å². The third-order valence-corrected chi connectivity index (χ3v) is 6.59. The van der Waals surface area contributed by atoms with Crippen molar-refractivity contribution in [1.82, 2.24) is 20.4 Å². The first-order valence-corrected chi connectivity index (χ1v) is 10.5. The lowest BCUT2D eigenvalue weighted by Crippen LogP contribution is -2.43. The van der Waals surface area contributed by atoms with Crippen molar-refractivity contribution in [1.29, 1.82) is 0 Å². The van der Waals surface area contributed by atoms with Crippen LogP contribution in [-0.4, -0.2) is 66.0 Å². The van der Waals surface area contributed by atoms with Crippen LogP contribution in [0.1, 0.15) is 56.7 Å². The van der Waals surface area contributed by atoms with Gasteiger partial charge in [0.25, 0.3) is 0 Å². The molecule has 1 aromatic rings. The molecule has 4 fully saturated rings. The molecule has 1 amide bonds. The molecule has 0 spiro atoms. The number of alkyl carbamates (subject to hydrolysis) is 1. The highest BCUT2D eigenvalue weighted by molar-refractivity contribution is 5.67. The van der Waals surface area contributed by atoms with Crippen molar-refractivity contribution in [2.45, 2.75) is 62.9 Å². The molecule has 4 aliphatic rings. The lowest BCUT2D eigenvalue weighted by Gasteiger charge is -2.35. The molecule has 2 aliphatic heterocycles. The van der Waals surface area contributed by atoms with Gasteiger partial charge in [-0.15, -0.1) is 0 Å². The Bertz CT molecular complexity index is 676. The van der Waals surface area contributed by atoms with Gasteiger partial charge in [0.1, 0.15) is 6.61 Å². The quantitative estimate of drug-likeness (QED) is 0.866. The van der Waals surface area contributed by atoms with Gasteiger partial charge in [0.2, 0.25) is 0 Å². The van der Waals surface area contributed by atoms with E-state index in [1.54, 1.807) is 0 Å². The van der Waals surface area contributed by atoms with Gasteiger partial charge in [-0.3, -0.25) is 4.90 Å². The van der Waals surface area contributed by atoms with E-state index < -0.39 is 0 Å². The molecule has 8 nitrogen and oxygen atoms in total. The lowest BCUT2D eigenvalue weighted by molar-refractivity contribution is 0.112. The first kappa shape index (κ1) is 17.3. The minimum Gasteiger partial charge on any atom is -0.448 e. The van der Waals surface area contributed by atoms with Gasteiger partial charge >= 0.3 is 12.1 Å². The van der Waals surface area contributed by atoms with Gasteiger partial charge in [-0.1, -0.05) is 5.16 Å². The van der Waals surface area contributed by atoms with Gasteiger partial charge in [-0.2, -0.15) is 4.98 Å². The maximum atomic E-state index is 11.5. The Kier molecular flexibility index (Phi) is 4.67. The summed E-state index contributed by atoms with van der Waals surface area (Å²) in [7, 11) is 0. The summed E-state index contributed by atoms with van der Waals surface area (Å²) in [6.45, 7) is 4.03. The van der Waals surface area contributed by atoms with Crippen molar-refractivity contribution in [3.8, 4) is 0 Å². The van der Waals surface area contributed by atoms with Gasteiger partial charge in [0.15, 0.2) is 5.82 Å². The number of aromatic nitrogens is 2. The smallest absolute Gasteiger partial charge is 0.407 e. The molecule has 2 aliphatic carbocycles. The minimum absolute atomic E-state index is 0.286. The molecule has 1 aromatic heterocycles. The van der Waals surface area contributed by atoms with E-state index in [1.807, 2.05) is 0 Å². The van der Waals surface area contributed by atoms with Crippen molar-refractivity contribution in [2.24, 2.45) is 5.92 Å². The fourth-order valence-corrected chi connectivity index (χ4v) is 4.98. The zero-order valence-electron chi connectivity index (χ0n) is 15.8. The molecular weight excluding hydrogens is 346 g/mol. The topological polar surface area (TPSA) is 83.7 Å². The number of amides is 1. The summed E-state index contributed by atoms with van der Waals surface area (Å²) in [5.74, 6) is 2.14. The number of carbonyl (C=O) groups excluding carboxylic acids is 1. The van der Waals surface area contributed by atoms with Crippen LogP contribution in [0.3, 0.4) is 0 Å². The second-order valence-corrected chi connectivity index (χ2v) is 8.54. The van der Waals surface area contributed by atoms with E-state index in [1.165, 1.54) is 32.1 Å². The average Bonchev–Trinajstić information content (AvgIpc) is 3.28. The molecular formula is C19H29N5O3. The fraction of sp³-hybridized carbons (Fsp3) is 0.842. The van der Waals surface area contributed by atoms with E-state index in [2.05, 4.69) is 20.3 Å². The van der Waals surface area contributed by atoms with Crippen molar-refractivity contribution in [3.63, 3.8) is 0 Å². The Morgan fingerprint density at radius 1 is 1.07 bits per heavy atom. The van der Waals surface area contributed by atoms with E-state index in [-0.39, 0.29) is 6.09 Å². The maximum absolute atomic E-state index is 11.5. The third-order valence-electron chi connectivity index (χ3n) is 6.59. The fourth-order valence-electron chi connectivity index (χ4n) is 4.98. The maximum Gasteiger partial charge on any atom is 0.407 e. The number of nitrogens with one attached hydrogen (secondary N) is 1. The van der Waals surface area contributed by atoms with Gasteiger partial charge in [0.05, 0.1) is 0 Å². The number of carbonyl (C=O) groups is 1. The number of hydrogen-bond acceptors (Lipinski definition) is 7. The van der Waals surface area contributed by atoms with E-state index >= 15 is 0 Å². The second-order valence-electron chi connectivity index (χ2n) is 8.54. The van der Waals surface area contributed by atoms with Crippen LogP contribution >= 0.6 is 0 Å². The second kappa shape index (κ2) is 7.30. The zero-order valence-corrected chi connectivity index (χ0v) is 15.8. The monoisotopic (exact) mass is 375 g/mol. The summed E-state index contributed by atoms with van der Waals surface area (Å²) < 4.78 is 10.9. The SMILES string of the molecule is O=C1NCCCN(C2CCC3CC(C2)N(c2nc(C4CC4)no2)C3)CCO1. The number of cyclic esters (lactones) is 1. The van der Waals surface area contributed by atoms with Gasteiger partial charge in [-0.25, -0.2) is 4.79 Å². The predicted molar refractivity (Wildman–Crippen MR) is 98.7 cm³/mol. The summed E-state index contributed by atoms with van der Waals surface area (Å²) in [6.07, 6.45) is 7.90. The Morgan fingerprint density at radius 3 is 2.89 bits per heavy atom. The number of anilines is 1. The third kappa shape index (κ3) is 3.77. The summed E-state index contributed by atoms with van der Waals surface area (Å²) in [5, 5.41) is 7.02. The van der Waals surface area contributed by atoms with Crippen LogP contribution in [0.4, 0.5) is 10.8 Å². The largest absolute Gasteiger partial charge is 0.448 e. The van der Waals surface area contributed by atoms with E-state index in [0.717, 1.165) is 44.3 Å². The molecule has 3 unspecified atom stereocenters. The first-order valence-electron chi connectivity index (χ1n) is 10.5. The predicted octanol–water partition coefficient (Wildman–Crippen LogP) is 2.13. The summed E-state index contributed by atoms with van der Waals surface area (Å²) in [6, 6.07) is 1.74. The Balaban J connectivity index is 1.27. The molecule has 3 heterocycles. The van der Waals surface area contributed by atoms with Crippen LogP contribution in [0, 0.1) is 5.92 Å². The Labute approximate surface area is 159 Å². The normalized spacial score (nSPS) is 32.8. The highest BCUT2D eigenvalue weighted by atomic mass is 16.5. The zero-order chi connectivity index (χ0) is 18.2. The number of nitrogens with zero attached hydrogens (tertiary/aromatic N) is 4. The highest BCUT2D eigenvalue weighted by Gasteiger charge is 2.41. The summed E-state index contributed by atoms with van der Waals surface area (Å²) in [4.78, 5) is 21.1. The molecule has 5 rings (SSSR count). The van der Waals surface area contributed by atoms with Crippen LogP contribution in [0.5, 0.6) is 0 Å². The van der Waals surface area contributed by atoms with Crippen molar-refractivity contribution < 1.29 is 14.1 Å². The molecule has 0 aromatic carbocycles. The molecule has 3 atom stereocenters. The van der Waals surface area contributed by atoms with Gasteiger partial charge in [0, 0.05) is 44.2 Å². The van der Waals surface area contributed by atoms with Crippen molar-refractivity contribution in [2.75, 3.05) is 37.7 Å². The highest BCUT2D eigenvalue weighted by Crippen LogP contribution is 2.41. The molecule has 148 valence electrons. The first-order chi connectivity index (χ1) is 13.3. The standard InChI is InChI=1S/C19H29N5O3/c25-19-20-6-1-7-23(8-9-26-19)15-5-2-13-10-16(11-15)24(12-13)18-21-17(22-27-18)14-3-4-14/h13-16H,1-12H2,(H,20,25). The Morgan fingerprint density at radius 2 is 2.00 bits per heavy atom. The molecule has 27 heavy (non-hydrogen) atoms. The molecule has 2 saturated carbocycles. The molecule has 0 radical (unpaired) electrons. The van der Waals surface area contributed by atoms with Crippen LogP contribution in [0.15, 0.2) is 4.52 Å². The van der Waals surface area contributed by atoms with Crippen molar-refractivity contribution >= 4 is 12.1 Å². The summed E-state index contributed by atoms with van der Waals surface area (Å²) in [5.41, 5.74) is 0. The lowest BCUT2D eigenvalue weighted by atomic mass is 10.0. The summed E-state index contributed by atoms with van der Waals surface area (Å²) >= 11 is 0.